The maximum atomic E-state index is 5.56. The molecule has 4 heteroatoms. The molecule has 0 fully saturated rings. The molecule has 0 aliphatic heterocycles. The van der Waals surface area contributed by atoms with E-state index in [1.165, 1.54) is 5.56 Å². The van der Waals surface area contributed by atoms with Crippen molar-refractivity contribution < 1.29 is 4.42 Å². The first-order valence-corrected chi connectivity index (χ1v) is 6.63. The molecular weight excluding hydrogens is 250 g/mol. The van der Waals surface area contributed by atoms with Gasteiger partial charge in [0.05, 0.1) is 17.9 Å². The quantitative estimate of drug-likeness (QED) is 0.729. The molecule has 102 valence electrons. The van der Waals surface area contributed by atoms with Crippen LogP contribution in [0.15, 0.2) is 41.1 Å². The molecule has 0 amide bonds. The minimum absolute atomic E-state index is 0.662. The Morgan fingerprint density at radius 3 is 2.45 bits per heavy atom. The third-order valence-electron chi connectivity index (χ3n) is 3.28. The van der Waals surface area contributed by atoms with E-state index in [9.17, 15) is 0 Å². The van der Waals surface area contributed by atoms with Gasteiger partial charge in [-0.05, 0) is 32.9 Å². The van der Waals surface area contributed by atoms with Gasteiger partial charge < -0.3 is 8.98 Å². The van der Waals surface area contributed by atoms with Crippen LogP contribution in [-0.4, -0.2) is 14.5 Å². The smallest absolute Gasteiger partial charge is 0.226 e. The summed E-state index contributed by atoms with van der Waals surface area (Å²) >= 11 is 0. The number of benzene rings is 1. The van der Waals surface area contributed by atoms with Gasteiger partial charge in [-0.1, -0.05) is 17.7 Å². The Labute approximate surface area is 118 Å². The molecule has 0 radical (unpaired) electrons. The molecule has 0 saturated heterocycles. The molecule has 0 saturated carbocycles. The van der Waals surface area contributed by atoms with Gasteiger partial charge in [-0.2, -0.15) is 0 Å². The predicted molar refractivity (Wildman–Crippen MR) is 77.5 cm³/mol. The average molecular weight is 267 g/mol. The van der Waals surface area contributed by atoms with Gasteiger partial charge in [0.25, 0.3) is 0 Å². The first-order chi connectivity index (χ1) is 9.61. The molecule has 0 bridgehead atoms. The van der Waals surface area contributed by atoms with Crippen LogP contribution in [-0.2, 0) is 6.54 Å². The molecule has 0 atom stereocenters. The highest BCUT2D eigenvalue weighted by atomic mass is 16.3. The van der Waals surface area contributed by atoms with E-state index in [4.69, 9.17) is 4.42 Å². The van der Waals surface area contributed by atoms with Crippen molar-refractivity contribution in [2.24, 2.45) is 0 Å². The first kappa shape index (κ1) is 12.7. The van der Waals surface area contributed by atoms with E-state index in [1.54, 1.807) is 6.26 Å². The highest BCUT2D eigenvalue weighted by Gasteiger charge is 2.08. The lowest BCUT2D eigenvalue weighted by atomic mass is 10.1. The molecule has 0 unspecified atom stereocenters. The molecular formula is C16H17N3O. The molecule has 0 N–H and O–H groups in total. The lowest BCUT2D eigenvalue weighted by Crippen LogP contribution is -2.00. The van der Waals surface area contributed by atoms with E-state index >= 15 is 0 Å². The molecule has 0 aliphatic carbocycles. The number of oxazole rings is 1. The summed E-state index contributed by atoms with van der Waals surface area (Å²) in [6.07, 6.45) is 3.74. The lowest BCUT2D eigenvalue weighted by molar-refractivity contribution is 0.571. The largest absolute Gasteiger partial charge is 0.444 e. The Kier molecular flexibility index (Phi) is 3.14. The molecule has 20 heavy (non-hydrogen) atoms. The van der Waals surface area contributed by atoms with E-state index in [0.29, 0.717) is 12.4 Å². The number of rotatable bonds is 3. The van der Waals surface area contributed by atoms with Gasteiger partial charge in [-0.3, -0.25) is 0 Å². The van der Waals surface area contributed by atoms with Crippen molar-refractivity contribution in [2.45, 2.75) is 27.3 Å². The molecule has 3 aromatic rings. The van der Waals surface area contributed by atoms with Crippen LogP contribution in [0.5, 0.6) is 0 Å². The van der Waals surface area contributed by atoms with Crippen LogP contribution in [0.2, 0.25) is 0 Å². The molecule has 0 aliphatic rings. The van der Waals surface area contributed by atoms with Gasteiger partial charge in [-0.25, -0.2) is 9.97 Å². The molecule has 4 nitrogen and oxygen atoms in total. The van der Waals surface area contributed by atoms with Crippen LogP contribution in [0.3, 0.4) is 0 Å². The number of aryl methyl sites for hydroxylation is 3. The van der Waals surface area contributed by atoms with E-state index in [-0.39, 0.29) is 0 Å². The Balaban J connectivity index is 1.83. The number of hydrogen-bond acceptors (Lipinski definition) is 3. The van der Waals surface area contributed by atoms with E-state index in [2.05, 4.69) is 33.6 Å². The van der Waals surface area contributed by atoms with Gasteiger partial charge in [-0.15, -0.1) is 0 Å². The average Bonchev–Trinajstić information content (AvgIpc) is 2.98. The van der Waals surface area contributed by atoms with Gasteiger partial charge in [0, 0.05) is 11.8 Å². The predicted octanol–water partition coefficient (Wildman–Crippen LogP) is 3.51. The standard InChI is InChI=1S/C16H17N3O/c1-11-4-6-14(7-5-11)16-18-15(10-20-16)9-19-8-12(2)17-13(19)3/h4-8,10H,9H2,1-3H3. The number of imidazole rings is 1. The Hall–Kier alpha value is -2.36. The van der Waals surface area contributed by atoms with Crippen LogP contribution < -0.4 is 0 Å². The highest BCUT2D eigenvalue weighted by Crippen LogP contribution is 2.19. The van der Waals surface area contributed by atoms with Crippen LogP contribution in [0, 0.1) is 20.8 Å². The Morgan fingerprint density at radius 1 is 1.05 bits per heavy atom. The second kappa shape index (κ2) is 4.96. The van der Waals surface area contributed by atoms with E-state index in [1.807, 2.05) is 32.2 Å². The minimum atomic E-state index is 0.662. The maximum absolute atomic E-state index is 5.56. The third-order valence-corrected chi connectivity index (χ3v) is 3.28. The zero-order valence-electron chi connectivity index (χ0n) is 11.9. The summed E-state index contributed by atoms with van der Waals surface area (Å²) in [4.78, 5) is 8.93. The summed E-state index contributed by atoms with van der Waals surface area (Å²) in [6.45, 7) is 6.73. The molecule has 1 aromatic carbocycles. The molecule has 2 aromatic heterocycles. The topological polar surface area (TPSA) is 43.9 Å². The van der Waals surface area contributed by atoms with Gasteiger partial charge in [0.2, 0.25) is 5.89 Å². The fraction of sp³-hybridized carbons (Fsp3) is 0.250. The van der Waals surface area contributed by atoms with Gasteiger partial charge >= 0.3 is 0 Å². The lowest BCUT2D eigenvalue weighted by Gasteiger charge is -2.00. The molecule has 2 heterocycles. The normalized spacial score (nSPS) is 10.9. The highest BCUT2D eigenvalue weighted by molar-refractivity contribution is 5.53. The summed E-state index contributed by atoms with van der Waals surface area (Å²) in [7, 11) is 0. The zero-order valence-corrected chi connectivity index (χ0v) is 11.9. The maximum Gasteiger partial charge on any atom is 0.226 e. The van der Waals surface area contributed by atoms with Crippen molar-refractivity contribution in [3.05, 3.63) is 59.5 Å². The van der Waals surface area contributed by atoms with Crippen LogP contribution in [0.25, 0.3) is 11.5 Å². The van der Waals surface area contributed by atoms with Crippen molar-refractivity contribution in [1.82, 2.24) is 14.5 Å². The monoisotopic (exact) mass is 267 g/mol. The summed E-state index contributed by atoms with van der Waals surface area (Å²) in [5.74, 6) is 1.65. The van der Waals surface area contributed by atoms with Crippen molar-refractivity contribution in [3.63, 3.8) is 0 Å². The second-order valence-electron chi connectivity index (χ2n) is 5.07. The van der Waals surface area contributed by atoms with E-state index < -0.39 is 0 Å². The van der Waals surface area contributed by atoms with Crippen LogP contribution in [0.1, 0.15) is 22.8 Å². The summed E-state index contributed by atoms with van der Waals surface area (Å²) in [6, 6.07) is 8.17. The number of nitrogens with zero attached hydrogens (tertiary/aromatic N) is 3. The fourth-order valence-corrected chi connectivity index (χ4v) is 2.21. The van der Waals surface area contributed by atoms with Gasteiger partial charge in [0.15, 0.2) is 0 Å². The van der Waals surface area contributed by atoms with Crippen LogP contribution in [0.4, 0.5) is 0 Å². The summed E-state index contributed by atoms with van der Waals surface area (Å²) in [5, 5.41) is 0. The Morgan fingerprint density at radius 2 is 1.80 bits per heavy atom. The third kappa shape index (κ3) is 2.50. The van der Waals surface area contributed by atoms with Crippen LogP contribution >= 0.6 is 0 Å². The molecule has 3 rings (SSSR count). The van der Waals surface area contributed by atoms with Crippen molar-refractivity contribution >= 4 is 0 Å². The number of aromatic nitrogens is 3. The van der Waals surface area contributed by atoms with Crippen molar-refractivity contribution in [1.29, 1.82) is 0 Å². The summed E-state index contributed by atoms with van der Waals surface area (Å²) < 4.78 is 7.64. The SMILES string of the molecule is Cc1ccc(-c2nc(Cn3cc(C)nc3C)co2)cc1. The van der Waals surface area contributed by atoms with Crippen molar-refractivity contribution in [3.8, 4) is 11.5 Å². The minimum Gasteiger partial charge on any atom is -0.444 e. The van der Waals surface area contributed by atoms with E-state index in [0.717, 1.165) is 22.8 Å². The van der Waals surface area contributed by atoms with Crippen molar-refractivity contribution in [2.75, 3.05) is 0 Å². The fourth-order valence-electron chi connectivity index (χ4n) is 2.21. The molecule has 0 spiro atoms. The first-order valence-electron chi connectivity index (χ1n) is 6.63. The number of hydrogen-bond donors (Lipinski definition) is 0. The second-order valence-corrected chi connectivity index (χ2v) is 5.07. The Bertz CT molecular complexity index is 723. The summed E-state index contributed by atoms with van der Waals surface area (Å²) in [5.41, 5.74) is 4.15. The van der Waals surface area contributed by atoms with Gasteiger partial charge in [0.1, 0.15) is 12.1 Å². The zero-order chi connectivity index (χ0) is 14.1.